The highest BCUT2D eigenvalue weighted by Crippen LogP contribution is 2.37. The summed E-state index contributed by atoms with van der Waals surface area (Å²) < 4.78 is 38.4. The molecule has 0 aliphatic heterocycles. The lowest BCUT2D eigenvalue weighted by Crippen LogP contribution is -2.09. The van der Waals surface area contributed by atoms with Gasteiger partial charge in [-0.05, 0) is 17.5 Å². The highest BCUT2D eigenvalue weighted by atomic mass is 35.5. The van der Waals surface area contributed by atoms with Crippen molar-refractivity contribution in [2.45, 2.75) is 6.18 Å². The Morgan fingerprint density at radius 2 is 2.11 bits per heavy atom. The van der Waals surface area contributed by atoms with Crippen molar-refractivity contribution in [3.05, 3.63) is 39.9 Å². The van der Waals surface area contributed by atoms with Gasteiger partial charge in [0.25, 0.3) is 0 Å². The summed E-state index contributed by atoms with van der Waals surface area (Å²) in [4.78, 5) is 4.38. The average Bonchev–Trinajstić information content (AvgIpc) is 2.80. The summed E-state index contributed by atoms with van der Waals surface area (Å²) in [7, 11) is 0. The third kappa shape index (κ3) is 2.33. The van der Waals surface area contributed by atoms with Gasteiger partial charge in [-0.25, -0.2) is 4.98 Å². The Morgan fingerprint density at radius 1 is 1.39 bits per heavy atom. The Morgan fingerprint density at radius 3 is 2.61 bits per heavy atom. The predicted molar refractivity (Wildman–Crippen MR) is 62.3 cm³/mol. The van der Waals surface area contributed by atoms with Crippen molar-refractivity contribution in [2.75, 3.05) is 0 Å². The Hall–Kier alpha value is -1.58. The summed E-state index contributed by atoms with van der Waals surface area (Å²) >= 11 is 6.87. The van der Waals surface area contributed by atoms with Crippen molar-refractivity contribution in [3.8, 4) is 16.6 Å². The molecule has 2 aromatic rings. The second kappa shape index (κ2) is 4.59. The van der Waals surface area contributed by atoms with E-state index in [1.54, 1.807) is 17.5 Å². The molecule has 0 bridgehead atoms. The minimum absolute atomic E-state index is 0.112. The molecule has 0 radical (unpaired) electrons. The molecule has 2 heterocycles. The van der Waals surface area contributed by atoms with E-state index < -0.39 is 22.5 Å². The first-order valence-electron chi connectivity index (χ1n) is 4.65. The van der Waals surface area contributed by atoms with Crippen LogP contribution in [-0.2, 0) is 6.18 Å². The maximum absolute atomic E-state index is 12.8. The van der Waals surface area contributed by atoms with E-state index in [-0.39, 0.29) is 5.69 Å². The van der Waals surface area contributed by atoms with E-state index in [1.165, 1.54) is 17.4 Å². The van der Waals surface area contributed by atoms with Gasteiger partial charge in [0.15, 0.2) is 0 Å². The van der Waals surface area contributed by atoms with Crippen molar-refractivity contribution in [2.24, 2.45) is 0 Å². The van der Waals surface area contributed by atoms with Crippen LogP contribution in [0.5, 0.6) is 0 Å². The second-order valence-corrected chi connectivity index (χ2v) is 4.61. The first kappa shape index (κ1) is 12.9. The molecule has 0 N–H and O–H groups in total. The van der Waals surface area contributed by atoms with Gasteiger partial charge in [0, 0.05) is 0 Å². The Labute approximate surface area is 109 Å². The second-order valence-electron chi connectivity index (χ2n) is 3.31. The van der Waals surface area contributed by atoms with Crippen LogP contribution in [0.4, 0.5) is 13.2 Å². The Balaban J connectivity index is 2.69. The Kier molecular flexibility index (Phi) is 3.28. The molecule has 0 saturated carbocycles. The number of pyridine rings is 1. The minimum atomic E-state index is -4.64. The molecule has 7 heteroatoms. The first-order chi connectivity index (χ1) is 8.43. The molecule has 0 unspecified atom stereocenters. The number of alkyl halides is 3. The molecule has 92 valence electrons. The number of halogens is 4. The van der Waals surface area contributed by atoms with E-state index >= 15 is 0 Å². The molecule has 18 heavy (non-hydrogen) atoms. The van der Waals surface area contributed by atoms with Crippen LogP contribution in [0.15, 0.2) is 23.6 Å². The number of aromatic nitrogens is 1. The highest BCUT2D eigenvalue weighted by Gasteiger charge is 2.35. The predicted octanol–water partition coefficient (Wildman–Crippen LogP) is 4.35. The van der Waals surface area contributed by atoms with Crippen LogP contribution in [0.2, 0.25) is 5.15 Å². The molecule has 2 aromatic heterocycles. The van der Waals surface area contributed by atoms with Crippen molar-refractivity contribution in [1.29, 1.82) is 5.26 Å². The Bertz CT molecular complexity index is 614. The molecule has 0 aliphatic carbocycles. The highest BCUT2D eigenvalue weighted by molar-refractivity contribution is 7.13. The van der Waals surface area contributed by atoms with Crippen LogP contribution in [0.1, 0.15) is 11.1 Å². The molecule has 2 rings (SSSR count). The molecule has 0 aromatic carbocycles. The summed E-state index contributed by atoms with van der Waals surface area (Å²) in [6.45, 7) is 0. The largest absolute Gasteiger partial charge is 0.417 e. The molecule has 0 aliphatic rings. The summed E-state index contributed by atoms with van der Waals surface area (Å²) in [5.41, 5.74) is -1.60. The fourth-order valence-electron chi connectivity index (χ4n) is 1.39. The zero-order valence-electron chi connectivity index (χ0n) is 8.62. The van der Waals surface area contributed by atoms with Gasteiger partial charge in [0.05, 0.1) is 16.1 Å². The van der Waals surface area contributed by atoms with Crippen LogP contribution in [0.25, 0.3) is 10.6 Å². The van der Waals surface area contributed by atoms with Gasteiger partial charge in [-0.1, -0.05) is 17.7 Å². The molecular formula is C11H4ClF3N2S. The van der Waals surface area contributed by atoms with Gasteiger partial charge >= 0.3 is 6.18 Å². The number of nitrogens with zero attached hydrogens (tertiary/aromatic N) is 2. The van der Waals surface area contributed by atoms with Gasteiger partial charge in [-0.3, -0.25) is 0 Å². The number of hydrogen-bond donors (Lipinski definition) is 0. The summed E-state index contributed by atoms with van der Waals surface area (Å²) in [5.74, 6) is 0. The van der Waals surface area contributed by atoms with E-state index in [0.717, 1.165) is 6.07 Å². The number of rotatable bonds is 1. The summed E-state index contributed by atoms with van der Waals surface area (Å²) in [6, 6.07) is 5.61. The fraction of sp³-hybridized carbons (Fsp3) is 0.0909. The zero-order valence-corrected chi connectivity index (χ0v) is 10.2. The third-order valence-corrected chi connectivity index (χ3v) is 3.33. The van der Waals surface area contributed by atoms with Crippen LogP contribution < -0.4 is 0 Å². The number of hydrogen-bond acceptors (Lipinski definition) is 3. The van der Waals surface area contributed by atoms with Crippen LogP contribution in [0, 0.1) is 11.3 Å². The minimum Gasteiger partial charge on any atom is -0.234 e. The molecule has 0 saturated heterocycles. The zero-order chi connectivity index (χ0) is 13.3. The lowest BCUT2D eigenvalue weighted by atomic mass is 10.1. The van der Waals surface area contributed by atoms with Crippen molar-refractivity contribution >= 4 is 22.9 Å². The smallest absolute Gasteiger partial charge is 0.234 e. The maximum Gasteiger partial charge on any atom is 0.417 e. The molecule has 0 fully saturated rings. The van der Waals surface area contributed by atoms with E-state index in [0.29, 0.717) is 4.88 Å². The van der Waals surface area contributed by atoms with E-state index in [9.17, 15) is 13.2 Å². The van der Waals surface area contributed by atoms with E-state index in [2.05, 4.69) is 4.98 Å². The average molecular weight is 289 g/mol. The van der Waals surface area contributed by atoms with Gasteiger partial charge in [-0.15, -0.1) is 11.3 Å². The SMILES string of the molecule is N#Cc1c(C(F)(F)F)cc(-c2cccs2)nc1Cl. The fourth-order valence-corrected chi connectivity index (χ4v) is 2.32. The van der Waals surface area contributed by atoms with Gasteiger partial charge in [0.1, 0.15) is 16.8 Å². The molecule has 2 nitrogen and oxygen atoms in total. The summed E-state index contributed by atoms with van der Waals surface area (Å²) in [5, 5.41) is 10.00. The van der Waals surface area contributed by atoms with Crippen molar-refractivity contribution < 1.29 is 13.2 Å². The van der Waals surface area contributed by atoms with Crippen LogP contribution in [0.3, 0.4) is 0 Å². The maximum atomic E-state index is 12.8. The number of thiophene rings is 1. The summed E-state index contributed by atoms with van der Waals surface area (Å²) in [6.07, 6.45) is -4.64. The van der Waals surface area contributed by atoms with Crippen LogP contribution in [-0.4, -0.2) is 4.98 Å². The third-order valence-electron chi connectivity index (χ3n) is 2.17. The molecule has 0 amide bonds. The quantitative estimate of drug-likeness (QED) is 0.731. The standard InChI is InChI=1S/C11H4ClF3N2S/c12-10-6(5-16)7(11(13,14)15)4-8(17-10)9-2-1-3-18-9/h1-4H. The van der Waals surface area contributed by atoms with E-state index in [4.69, 9.17) is 16.9 Å². The monoisotopic (exact) mass is 288 g/mol. The number of nitriles is 1. The lowest BCUT2D eigenvalue weighted by molar-refractivity contribution is -0.137. The van der Waals surface area contributed by atoms with Crippen molar-refractivity contribution in [3.63, 3.8) is 0 Å². The van der Waals surface area contributed by atoms with E-state index in [1.807, 2.05) is 0 Å². The topological polar surface area (TPSA) is 36.7 Å². The van der Waals surface area contributed by atoms with Crippen molar-refractivity contribution in [1.82, 2.24) is 4.98 Å². The lowest BCUT2D eigenvalue weighted by Gasteiger charge is -2.10. The molecule has 0 atom stereocenters. The normalized spacial score (nSPS) is 11.3. The van der Waals surface area contributed by atoms with Gasteiger partial charge < -0.3 is 0 Å². The van der Waals surface area contributed by atoms with Gasteiger partial charge in [-0.2, -0.15) is 18.4 Å². The first-order valence-corrected chi connectivity index (χ1v) is 5.91. The van der Waals surface area contributed by atoms with Crippen LogP contribution >= 0.6 is 22.9 Å². The molecule has 0 spiro atoms. The molecular weight excluding hydrogens is 285 g/mol. The van der Waals surface area contributed by atoms with Gasteiger partial charge in [0.2, 0.25) is 0 Å².